The Balaban J connectivity index is 1.37. The molecule has 1 unspecified atom stereocenters. The van der Waals surface area contributed by atoms with Gasteiger partial charge in [-0.3, -0.25) is 4.79 Å². The van der Waals surface area contributed by atoms with Gasteiger partial charge in [0.25, 0.3) is 5.89 Å². The smallest absolute Gasteiger partial charge is 0.411 e. The van der Waals surface area contributed by atoms with Gasteiger partial charge in [0.05, 0.1) is 28.3 Å². The first kappa shape index (κ1) is 21.3. The van der Waals surface area contributed by atoms with Crippen LogP contribution in [-0.2, 0) is 12.7 Å². The van der Waals surface area contributed by atoms with Gasteiger partial charge in [0.1, 0.15) is 11.7 Å². The van der Waals surface area contributed by atoms with Crippen molar-refractivity contribution in [2.24, 2.45) is 0 Å². The minimum absolute atomic E-state index is 0.192. The van der Waals surface area contributed by atoms with Gasteiger partial charge in [-0.1, -0.05) is 11.6 Å². The van der Waals surface area contributed by atoms with Crippen LogP contribution >= 0.6 is 11.6 Å². The maximum absolute atomic E-state index is 13.4. The monoisotopic (exact) mass is 503 g/mol. The Morgan fingerprint density at radius 2 is 2.06 bits per heavy atom. The standard InChI is InChI=1S/C20H13ClF3N9O2/c21-10-2-1-5-32-14(10)8-13(29-32)16-15-11(25-9-26-15)3-6-31(16)19(34)18-28-27-17(35-18)12-4-7-33(30-12)20(22,23)24/h1-2,4-5,7-9,16H,3,6H2,(H,25,26). The van der Waals surface area contributed by atoms with Crippen LogP contribution in [0.5, 0.6) is 0 Å². The van der Waals surface area contributed by atoms with Crippen molar-refractivity contribution in [3.63, 3.8) is 0 Å². The van der Waals surface area contributed by atoms with Crippen LogP contribution in [0.25, 0.3) is 17.1 Å². The number of halogens is 4. The minimum atomic E-state index is -4.70. The van der Waals surface area contributed by atoms with Crippen LogP contribution in [0.1, 0.15) is 33.8 Å². The van der Waals surface area contributed by atoms with Crippen molar-refractivity contribution in [3.8, 4) is 11.6 Å². The van der Waals surface area contributed by atoms with Gasteiger partial charge >= 0.3 is 18.1 Å². The van der Waals surface area contributed by atoms with E-state index in [9.17, 15) is 18.0 Å². The van der Waals surface area contributed by atoms with Crippen LogP contribution in [0.15, 0.2) is 47.4 Å². The van der Waals surface area contributed by atoms with E-state index < -0.39 is 24.1 Å². The number of pyridine rings is 1. The maximum atomic E-state index is 13.4. The Morgan fingerprint density at radius 1 is 1.20 bits per heavy atom. The van der Waals surface area contributed by atoms with Crippen molar-refractivity contribution in [1.82, 2.24) is 44.5 Å². The van der Waals surface area contributed by atoms with Crippen molar-refractivity contribution >= 4 is 23.0 Å². The summed E-state index contributed by atoms with van der Waals surface area (Å²) >= 11 is 6.30. The third kappa shape index (κ3) is 3.53. The molecule has 1 N–H and O–H groups in total. The quantitative estimate of drug-likeness (QED) is 0.401. The Labute approximate surface area is 198 Å². The van der Waals surface area contributed by atoms with Crippen LogP contribution in [-0.4, -0.2) is 56.9 Å². The van der Waals surface area contributed by atoms with Crippen molar-refractivity contribution in [2.45, 2.75) is 18.8 Å². The highest BCUT2D eigenvalue weighted by molar-refractivity contribution is 6.33. The fourth-order valence-corrected chi connectivity index (χ4v) is 4.26. The molecule has 0 saturated heterocycles. The van der Waals surface area contributed by atoms with E-state index >= 15 is 0 Å². The highest BCUT2D eigenvalue weighted by atomic mass is 35.5. The van der Waals surface area contributed by atoms with E-state index in [1.807, 2.05) is 0 Å². The molecule has 1 aliphatic heterocycles. The number of aromatic amines is 1. The second kappa shape index (κ2) is 7.66. The van der Waals surface area contributed by atoms with Gasteiger partial charge in [-0.25, -0.2) is 9.50 Å². The van der Waals surface area contributed by atoms with E-state index in [0.29, 0.717) is 28.3 Å². The molecule has 11 nitrogen and oxygen atoms in total. The van der Waals surface area contributed by atoms with Crippen molar-refractivity contribution in [1.29, 1.82) is 0 Å². The third-order valence-electron chi connectivity index (χ3n) is 5.61. The topological polar surface area (TPSA) is 123 Å². The molecule has 1 aliphatic rings. The molecule has 1 atom stereocenters. The predicted octanol–water partition coefficient (Wildman–Crippen LogP) is 3.22. The number of aromatic nitrogens is 8. The van der Waals surface area contributed by atoms with E-state index in [1.54, 1.807) is 28.9 Å². The fourth-order valence-electron chi connectivity index (χ4n) is 4.04. The first-order chi connectivity index (χ1) is 16.8. The summed E-state index contributed by atoms with van der Waals surface area (Å²) in [4.78, 5) is 22.4. The molecule has 1 amide bonds. The summed E-state index contributed by atoms with van der Waals surface area (Å²) in [5.74, 6) is -1.34. The molecule has 0 aliphatic carbocycles. The first-order valence-corrected chi connectivity index (χ1v) is 10.6. The number of nitrogens with zero attached hydrogens (tertiary/aromatic N) is 8. The molecule has 0 fully saturated rings. The minimum Gasteiger partial charge on any atom is -0.411 e. The van der Waals surface area contributed by atoms with Gasteiger partial charge in [-0.15, -0.1) is 23.4 Å². The van der Waals surface area contributed by atoms with Gasteiger partial charge in [0, 0.05) is 31.1 Å². The molecule has 0 saturated carbocycles. The fraction of sp³-hybridized carbons (Fsp3) is 0.200. The van der Waals surface area contributed by atoms with E-state index in [-0.39, 0.29) is 22.8 Å². The van der Waals surface area contributed by atoms with E-state index in [1.165, 1.54) is 11.2 Å². The molecule has 0 spiro atoms. The number of rotatable bonds is 3. The molecular weight excluding hydrogens is 491 g/mol. The van der Waals surface area contributed by atoms with Crippen molar-refractivity contribution < 1.29 is 22.4 Å². The summed E-state index contributed by atoms with van der Waals surface area (Å²) in [5.41, 5.74) is 2.41. The molecule has 5 aromatic rings. The lowest BCUT2D eigenvalue weighted by Gasteiger charge is -2.32. The molecular formula is C20H13ClF3N9O2. The Bertz CT molecular complexity index is 1570. The number of carbonyl (C=O) groups is 1. The lowest BCUT2D eigenvalue weighted by atomic mass is 9.99. The highest BCUT2D eigenvalue weighted by Gasteiger charge is 2.38. The second-order valence-electron chi connectivity index (χ2n) is 7.70. The van der Waals surface area contributed by atoms with Gasteiger partial charge in [-0.05, 0) is 24.3 Å². The number of nitrogens with one attached hydrogen (secondary N) is 1. The summed E-state index contributed by atoms with van der Waals surface area (Å²) in [6, 6.07) is 5.62. The number of fused-ring (bicyclic) bond motifs is 2. The molecule has 0 aromatic carbocycles. The number of amides is 1. The van der Waals surface area contributed by atoms with E-state index in [2.05, 4.69) is 30.4 Å². The maximum Gasteiger partial charge on any atom is 0.504 e. The van der Waals surface area contributed by atoms with Gasteiger partial charge in [0.2, 0.25) is 0 Å². The Morgan fingerprint density at radius 3 is 2.83 bits per heavy atom. The normalized spacial score (nSPS) is 16.1. The molecule has 5 aromatic heterocycles. The van der Waals surface area contributed by atoms with Crippen molar-refractivity contribution in [2.75, 3.05) is 6.54 Å². The average Bonchev–Trinajstić information content (AvgIpc) is 3.62. The molecule has 0 bridgehead atoms. The average molecular weight is 504 g/mol. The zero-order valence-electron chi connectivity index (χ0n) is 17.4. The highest BCUT2D eigenvalue weighted by Crippen LogP contribution is 2.35. The number of imidazole rings is 1. The summed E-state index contributed by atoms with van der Waals surface area (Å²) in [5, 5.41) is 15.9. The van der Waals surface area contributed by atoms with Crippen LogP contribution < -0.4 is 0 Å². The SMILES string of the molecule is O=C(c1nnc(-c2ccn(C(F)(F)F)n2)o1)N1CCc2[nH]cnc2C1c1cc2c(Cl)cccn2n1. The summed E-state index contributed by atoms with van der Waals surface area (Å²) in [6.07, 6.45) is -0.222. The number of carbonyl (C=O) groups excluding carboxylic acids is 1. The molecule has 6 rings (SSSR count). The summed E-state index contributed by atoms with van der Waals surface area (Å²) in [7, 11) is 0. The number of H-pyrrole nitrogens is 1. The molecule has 0 radical (unpaired) electrons. The third-order valence-corrected chi connectivity index (χ3v) is 5.93. The van der Waals surface area contributed by atoms with E-state index in [0.717, 1.165) is 18.0 Å². The summed E-state index contributed by atoms with van der Waals surface area (Å²) < 4.78 is 45.3. The van der Waals surface area contributed by atoms with Gasteiger partial charge in [-0.2, -0.15) is 14.9 Å². The number of hydrogen-bond acceptors (Lipinski definition) is 7. The molecule has 35 heavy (non-hydrogen) atoms. The molecule has 15 heteroatoms. The van der Waals surface area contributed by atoms with Crippen LogP contribution in [0, 0.1) is 0 Å². The summed E-state index contributed by atoms with van der Waals surface area (Å²) in [6.45, 7) is 0.278. The van der Waals surface area contributed by atoms with Crippen molar-refractivity contribution in [3.05, 3.63) is 71.0 Å². The molecule has 178 valence electrons. The lowest BCUT2D eigenvalue weighted by molar-refractivity contribution is -0.212. The van der Waals surface area contributed by atoms with E-state index in [4.69, 9.17) is 16.0 Å². The lowest BCUT2D eigenvalue weighted by Crippen LogP contribution is -2.41. The largest absolute Gasteiger partial charge is 0.504 e. The number of alkyl halides is 3. The predicted molar refractivity (Wildman–Crippen MR) is 112 cm³/mol. The zero-order chi connectivity index (χ0) is 24.3. The Hall–Kier alpha value is -4.20. The Kier molecular flexibility index (Phi) is 4.67. The van der Waals surface area contributed by atoms with Gasteiger partial charge < -0.3 is 14.3 Å². The molecule has 6 heterocycles. The van der Waals surface area contributed by atoms with Gasteiger partial charge in [0.15, 0.2) is 0 Å². The van der Waals surface area contributed by atoms with Crippen LogP contribution in [0.4, 0.5) is 13.2 Å². The number of hydrogen-bond donors (Lipinski definition) is 1. The van der Waals surface area contributed by atoms with Crippen LogP contribution in [0.3, 0.4) is 0 Å². The second-order valence-corrected chi connectivity index (χ2v) is 8.11. The first-order valence-electron chi connectivity index (χ1n) is 10.2. The van der Waals surface area contributed by atoms with Crippen LogP contribution in [0.2, 0.25) is 5.02 Å². The zero-order valence-corrected chi connectivity index (χ0v) is 18.2.